The number of sulfonamides is 1. The van der Waals surface area contributed by atoms with Gasteiger partial charge in [0.1, 0.15) is 0 Å². The maximum Gasteiger partial charge on any atom is 0.328 e. The van der Waals surface area contributed by atoms with Gasteiger partial charge in [0, 0.05) is 12.1 Å². The number of carbonyl (C=O) groups excluding carboxylic acids is 1. The Hall–Kier alpha value is -2.50. The van der Waals surface area contributed by atoms with Crippen LogP contribution < -0.4 is 10.0 Å². The van der Waals surface area contributed by atoms with Crippen molar-refractivity contribution < 1.29 is 27.8 Å². The molecule has 0 spiro atoms. The molecule has 0 saturated heterocycles. The van der Waals surface area contributed by atoms with Crippen LogP contribution in [0.4, 0.5) is 4.79 Å². The molecule has 45 heavy (non-hydrogen) atoms. The Kier molecular flexibility index (Phi) is 8.84. The first-order valence-electron chi connectivity index (χ1n) is 16.9. The van der Waals surface area contributed by atoms with Gasteiger partial charge in [0.05, 0.1) is 17.1 Å². The quantitative estimate of drug-likeness (QED) is 0.299. The summed E-state index contributed by atoms with van der Waals surface area (Å²) in [6.07, 6.45) is 9.58. The molecule has 2 aromatic rings. The molecule has 0 radical (unpaired) electrons. The molecule has 248 valence electrons. The molecule has 4 N–H and O–H groups in total. The molecular weight excluding hydrogens is 592 g/mol. The molecule has 1 aromatic carbocycles. The minimum atomic E-state index is -4.09. The number of carbonyl (C=O) groups is 1. The molecule has 0 unspecified atom stereocenters. The molecule has 0 aliphatic heterocycles. The van der Waals surface area contributed by atoms with E-state index in [1.807, 2.05) is 0 Å². The number of rotatable bonds is 8. The van der Waals surface area contributed by atoms with Gasteiger partial charge in [0.2, 0.25) is 12.3 Å². The van der Waals surface area contributed by atoms with Gasteiger partial charge in [-0.05, 0) is 122 Å². The first kappa shape index (κ1) is 32.4. The van der Waals surface area contributed by atoms with Crippen molar-refractivity contribution in [1.29, 1.82) is 0 Å². The summed E-state index contributed by atoms with van der Waals surface area (Å²) >= 11 is 0. The van der Waals surface area contributed by atoms with Gasteiger partial charge in [-0.1, -0.05) is 40.2 Å². The highest BCUT2D eigenvalue weighted by molar-refractivity contribution is 7.90. The summed E-state index contributed by atoms with van der Waals surface area (Å²) in [6, 6.07) is 5.26. The molecule has 4 aliphatic rings. The first-order valence-corrected chi connectivity index (χ1v) is 18.4. The number of hydrogen-bond donors (Lipinski definition) is 4. The van der Waals surface area contributed by atoms with E-state index >= 15 is 0 Å². The second-order valence-electron chi connectivity index (χ2n) is 15.0. The number of fused-ring (bicyclic) bond motifs is 5. The lowest BCUT2D eigenvalue weighted by Crippen LogP contribution is -2.62. The third-order valence-corrected chi connectivity index (χ3v) is 14.3. The number of aliphatic hydroxyl groups excluding tert-OH is 2. The predicted octanol–water partition coefficient (Wildman–Crippen LogP) is 5.38. The third kappa shape index (κ3) is 5.71. The highest BCUT2D eigenvalue weighted by Crippen LogP contribution is 2.69. The molecule has 4 fully saturated rings. The molecule has 4 saturated carbocycles. The van der Waals surface area contributed by atoms with E-state index in [9.17, 15) is 23.4 Å². The highest BCUT2D eigenvalue weighted by atomic mass is 32.2. The molecule has 1 aromatic heterocycles. The third-order valence-electron chi connectivity index (χ3n) is 13.0. The van der Waals surface area contributed by atoms with Crippen molar-refractivity contribution in [1.82, 2.24) is 20.2 Å². The predicted molar refractivity (Wildman–Crippen MR) is 169 cm³/mol. The van der Waals surface area contributed by atoms with Crippen molar-refractivity contribution in [2.24, 2.45) is 52.3 Å². The normalized spacial score (nSPS) is 38.4. The van der Waals surface area contributed by atoms with Crippen LogP contribution in [0.15, 0.2) is 40.0 Å². The largest absolute Gasteiger partial charge is 0.423 e. The number of amides is 2. The molecule has 0 bridgehead atoms. The maximum atomic E-state index is 12.9. The summed E-state index contributed by atoms with van der Waals surface area (Å²) in [5, 5.41) is 32.7. The zero-order valence-corrected chi connectivity index (χ0v) is 27.8. The van der Waals surface area contributed by atoms with Crippen LogP contribution in [0.3, 0.4) is 0 Å². The van der Waals surface area contributed by atoms with Crippen LogP contribution in [0.5, 0.6) is 0 Å². The molecular formula is C34H50N4O6S. The zero-order chi connectivity index (χ0) is 32.1. The summed E-state index contributed by atoms with van der Waals surface area (Å²) in [7, 11) is -4.09. The van der Waals surface area contributed by atoms with Crippen LogP contribution in [0.2, 0.25) is 0 Å². The Morgan fingerprint density at radius 1 is 1.09 bits per heavy atom. The lowest BCUT2D eigenvalue weighted by Gasteiger charge is -2.64. The SMILES string of the molecule is CC[C@H]1[C@@H](O)[C@@H]2[C@H](CC[C@]3(C)[C@@H]([C@H](C)CCNC(=O)NS(=O)(=O)c4cccc(-c5nnco5)c4)CC[C@@H]23)[C@@]2(C)CC[C@@H](O)C[C@@H]12. The summed E-state index contributed by atoms with van der Waals surface area (Å²) in [4.78, 5) is 12.6. The number of benzene rings is 1. The van der Waals surface area contributed by atoms with E-state index in [1.54, 1.807) is 12.1 Å². The summed E-state index contributed by atoms with van der Waals surface area (Å²) in [5.41, 5.74) is 0.756. The van der Waals surface area contributed by atoms with Crippen LogP contribution in [-0.2, 0) is 10.0 Å². The van der Waals surface area contributed by atoms with Crippen molar-refractivity contribution in [3.8, 4) is 11.5 Å². The maximum absolute atomic E-state index is 12.9. The lowest BCUT2D eigenvalue weighted by molar-refractivity contribution is -0.203. The minimum Gasteiger partial charge on any atom is -0.423 e. The molecule has 11 heteroatoms. The molecule has 10 nitrogen and oxygen atoms in total. The van der Waals surface area contributed by atoms with Gasteiger partial charge in [0.25, 0.3) is 10.0 Å². The topological polar surface area (TPSA) is 155 Å². The van der Waals surface area contributed by atoms with Gasteiger partial charge in [-0.15, -0.1) is 10.2 Å². The van der Waals surface area contributed by atoms with E-state index in [0.29, 0.717) is 47.6 Å². The van der Waals surface area contributed by atoms with Crippen LogP contribution in [0, 0.1) is 52.3 Å². The van der Waals surface area contributed by atoms with Crippen molar-refractivity contribution >= 4 is 16.1 Å². The number of nitrogens with one attached hydrogen (secondary N) is 2. The Bertz CT molecular complexity index is 1470. The standard InChI is InChI=1S/C34H50N4O6S/c1-5-24-28-18-22(39)11-14-34(28,4)27-12-15-33(3)25(9-10-26(33)29(27)30(24)40)20(2)13-16-35-32(41)38-45(42,43)23-8-6-7-21(17-23)31-37-36-19-44-31/h6-8,17,19-20,22,24-30,39-40H,5,9-16,18H2,1-4H3,(H2,35,38,41)/t20-,22-,24-,25-,26+,27+,28+,29+,30-,33-,34-/m1/s1. The van der Waals surface area contributed by atoms with Crippen LogP contribution >= 0.6 is 0 Å². The monoisotopic (exact) mass is 642 g/mol. The van der Waals surface area contributed by atoms with E-state index < -0.39 is 16.1 Å². The number of aromatic nitrogens is 2. The lowest BCUT2D eigenvalue weighted by atomic mass is 9.41. The van der Waals surface area contributed by atoms with Crippen molar-refractivity contribution in [3.05, 3.63) is 30.7 Å². The molecule has 11 atom stereocenters. The molecule has 1 heterocycles. The fraction of sp³-hybridized carbons (Fsp3) is 0.735. The average molecular weight is 643 g/mol. The summed E-state index contributed by atoms with van der Waals surface area (Å²) in [5.74, 6) is 2.92. The van der Waals surface area contributed by atoms with Gasteiger partial charge in [0.15, 0.2) is 0 Å². The van der Waals surface area contributed by atoms with E-state index in [2.05, 4.69) is 47.9 Å². The van der Waals surface area contributed by atoms with Crippen LogP contribution in [-0.4, -0.2) is 53.6 Å². The number of hydrogen-bond acceptors (Lipinski definition) is 8. The Labute approximate surface area is 267 Å². The van der Waals surface area contributed by atoms with Gasteiger partial charge in [-0.25, -0.2) is 17.9 Å². The second kappa shape index (κ2) is 12.3. The van der Waals surface area contributed by atoms with E-state index in [1.165, 1.54) is 18.5 Å². The van der Waals surface area contributed by atoms with Crippen LogP contribution in [0.1, 0.15) is 85.5 Å². The minimum absolute atomic E-state index is 0.0676. The highest BCUT2D eigenvalue weighted by Gasteiger charge is 2.64. The Morgan fingerprint density at radius 3 is 2.58 bits per heavy atom. The van der Waals surface area contributed by atoms with E-state index in [4.69, 9.17) is 4.42 Å². The Balaban J connectivity index is 1.07. The van der Waals surface area contributed by atoms with Gasteiger partial charge >= 0.3 is 6.03 Å². The Morgan fingerprint density at radius 2 is 1.84 bits per heavy atom. The first-order chi connectivity index (χ1) is 21.4. The van der Waals surface area contributed by atoms with E-state index in [-0.39, 0.29) is 39.7 Å². The van der Waals surface area contributed by atoms with Crippen molar-refractivity contribution in [3.63, 3.8) is 0 Å². The number of nitrogens with zero attached hydrogens (tertiary/aromatic N) is 2. The fourth-order valence-corrected chi connectivity index (χ4v) is 11.8. The zero-order valence-electron chi connectivity index (χ0n) is 27.0. The fourth-order valence-electron chi connectivity index (χ4n) is 10.9. The summed E-state index contributed by atoms with van der Waals surface area (Å²) < 4.78 is 33.1. The number of urea groups is 1. The molecule has 6 rings (SSSR count). The van der Waals surface area contributed by atoms with E-state index in [0.717, 1.165) is 57.8 Å². The summed E-state index contributed by atoms with van der Waals surface area (Å²) in [6.45, 7) is 9.75. The second-order valence-corrected chi connectivity index (χ2v) is 16.7. The van der Waals surface area contributed by atoms with Crippen molar-refractivity contribution in [2.45, 2.75) is 103 Å². The van der Waals surface area contributed by atoms with Gasteiger partial charge in [-0.3, -0.25) is 0 Å². The molecule has 4 aliphatic carbocycles. The van der Waals surface area contributed by atoms with Crippen molar-refractivity contribution in [2.75, 3.05) is 6.54 Å². The van der Waals surface area contributed by atoms with Gasteiger partial charge in [-0.2, -0.15) is 0 Å². The molecule has 2 amide bonds. The van der Waals surface area contributed by atoms with Crippen LogP contribution in [0.25, 0.3) is 11.5 Å². The number of aliphatic hydroxyl groups is 2. The smallest absolute Gasteiger partial charge is 0.328 e. The van der Waals surface area contributed by atoms with Gasteiger partial charge < -0.3 is 19.9 Å². The average Bonchev–Trinajstić information content (AvgIpc) is 3.66.